The van der Waals surface area contributed by atoms with Crippen LogP contribution in [0.2, 0.25) is 0 Å². The summed E-state index contributed by atoms with van der Waals surface area (Å²) in [5.41, 5.74) is 9.95. The number of rotatable bonds is 3. The predicted octanol–water partition coefficient (Wildman–Crippen LogP) is 3.06. The zero-order chi connectivity index (χ0) is 15.8. The van der Waals surface area contributed by atoms with E-state index in [9.17, 15) is 0 Å². The van der Waals surface area contributed by atoms with E-state index in [4.69, 9.17) is 10.5 Å². The number of hydrogen-bond donors (Lipinski definition) is 1. The maximum atomic E-state index is 6.09. The molecule has 23 heavy (non-hydrogen) atoms. The van der Waals surface area contributed by atoms with Crippen molar-refractivity contribution in [3.05, 3.63) is 65.9 Å². The van der Waals surface area contributed by atoms with Crippen molar-refractivity contribution in [1.29, 1.82) is 0 Å². The van der Waals surface area contributed by atoms with Crippen molar-refractivity contribution in [3.63, 3.8) is 0 Å². The summed E-state index contributed by atoms with van der Waals surface area (Å²) in [5.74, 6) is 1.07. The first kappa shape index (κ1) is 13.6. The average Bonchev–Trinajstić information content (AvgIpc) is 3.00. The highest BCUT2D eigenvalue weighted by Crippen LogP contribution is 2.28. The summed E-state index contributed by atoms with van der Waals surface area (Å²) < 4.78 is 7.08. The maximum Gasteiger partial charge on any atom is 0.222 e. The Morgan fingerprint density at radius 1 is 1.09 bits per heavy atom. The molecule has 2 N–H and O–H groups in total. The molecule has 0 amide bonds. The Labute approximate surface area is 133 Å². The highest BCUT2D eigenvalue weighted by atomic mass is 16.5. The van der Waals surface area contributed by atoms with Gasteiger partial charge in [-0.1, -0.05) is 42.5 Å². The number of ether oxygens (including phenoxy) is 1. The summed E-state index contributed by atoms with van der Waals surface area (Å²) >= 11 is 0. The third-order valence-electron chi connectivity index (χ3n) is 3.93. The van der Waals surface area contributed by atoms with Crippen LogP contribution in [0.1, 0.15) is 11.3 Å². The highest BCUT2D eigenvalue weighted by Gasteiger charge is 2.13. The van der Waals surface area contributed by atoms with Gasteiger partial charge in [-0.25, -0.2) is 4.98 Å². The molecule has 2 heterocycles. The molecule has 5 nitrogen and oxygen atoms in total. The fourth-order valence-electron chi connectivity index (χ4n) is 2.86. The molecule has 0 atom stereocenters. The van der Waals surface area contributed by atoms with Gasteiger partial charge < -0.3 is 10.5 Å². The van der Waals surface area contributed by atoms with E-state index in [0.29, 0.717) is 11.7 Å². The molecule has 0 spiro atoms. The van der Waals surface area contributed by atoms with Crippen LogP contribution in [0.3, 0.4) is 0 Å². The molecule has 2 aromatic heterocycles. The minimum Gasteiger partial charge on any atom is -0.494 e. The van der Waals surface area contributed by atoms with Crippen molar-refractivity contribution >= 4 is 22.4 Å². The molecule has 0 fully saturated rings. The topological polar surface area (TPSA) is 65.4 Å². The van der Waals surface area contributed by atoms with Crippen LogP contribution < -0.4 is 10.5 Å². The zero-order valence-corrected chi connectivity index (χ0v) is 12.7. The summed E-state index contributed by atoms with van der Waals surface area (Å²) in [7, 11) is 1.63. The van der Waals surface area contributed by atoms with E-state index in [0.717, 1.165) is 28.5 Å². The number of benzene rings is 2. The van der Waals surface area contributed by atoms with Crippen LogP contribution in [-0.2, 0) is 6.42 Å². The molecule has 0 bridgehead atoms. The molecule has 0 aliphatic rings. The fraction of sp³-hybridized carbons (Fsp3) is 0.111. The lowest BCUT2D eigenvalue weighted by Crippen LogP contribution is -2.03. The van der Waals surface area contributed by atoms with Crippen molar-refractivity contribution in [2.24, 2.45) is 0 Å². The van der Waals surface area contributed by atoms with Gasteiger partial charge in [-0.15, -0.1) is 0 Å². The second-order valence-corrected chi connectivity index (χ2v) is 5.42. The second kappa shape index (κ2) is 5.28. The summed E-state index contributed by atoms with van der Waals surface area (Å²) in [4.78, 5) is 4.45. The molecule has 0 saturated carbocycles. The number of anilines is 1. The van der Waals surface area contributed by atoms with Gasteiger partial charge in [0.25, 0.3) is 0 Å². The summed E-state index contributed by atoms with van der Waals surface area (Å²) in [6.07, 6.45) is 0.757. The van der Waals surface area contributed by atoms with Crippen LogP contribution in [0, 0.1) is 0 Å². The smallest absolute Gasteiger partial charge is 0.222 e. The van der Waals surface area contributed by atoms with Crippen molar-refractivity contribution in [2.75, 3.05) is 12.8 Å². The third-order valence-corrected chi connectivity index (χ3v) is 3.93. The van der Waals surface area contributed by atoms with Crippen molar-refractivity contribution < 1.29 is 4.74 Å². The lowest BCUT2D eigenvalue weighted by atomic mass is 10.1. The van der Waals surface area contributed by atoms with Crippen LogP contribution in [0.4, 0.5) is 5.95 Å². The maximum absolute atomic E-state index is 6.09. The Bertz CT molecular complexity index is 992. The zero-order valence-electron chi connectivity index (χ0n) is 12.7. The Balaban J connectivity index is 1.91. The minimum atomic E-state index is 0.358. The number of fused-ring (bicyclic) bond motifs is 3. The van der Waals surface area contributed by atoms with Crippen LogP contribution in [0.25, 0.3) is 16.4 Å². The van der Waals surface area contributed by atoms with E-state index < -0.39 is 0 Å². The number of para-hydroxylation sites is 1. The number of hydrogen-bond acceptors (Lipinski definition) is 4. The van der Waals surface area contributed by atoms with E-state index in [-0.39, 0.29) is 0 Å². The quantitative estimate of drug-likeness (QED) is 0.632. The first-order valence-corrected chi connectivity index (χ1v) is 7.41. The van der Waals surface area contributed by atoms with E-state index >= 15 is 0 Å². The minimum absolute atomic E-state index is 0.358. The van der Waals surface area contributed by atoms with Gasteiger partial charge in [-0.05, 0) is 17.7 Å². The van der Waals surface area contributed by atoms with Gasteiger partial charge in [0.1, 0.15) is 11.3 Å². The van der Waals surface area contributed by atoms with Gasteiger partial charge in [0.05, 0.1) is 18.3 Å². The molecule has 0 aliphatic carbocycles. The summed E-state index contributed by atoms with van der Waals surface area (Å²) in [6, 6.07) is 18.1. The number of nitrogens with zero attached hydrogens (tertiary/aromatic N) is 3. The van der Waals surface area contributed by atoms with Crippen LogP contribution in [0.15, 0.2) is 54.6 Å². The standard InChI is InChI=1S/C18H16N4O/c1-23-16-9-5-8-14-15-11-13(10-12-6-3-2-4-7-12)21-22(15)18(19)20-17(14)16/h2-9,11H,10H2,1H3,(H2,19,20). The van der Waals surface area contributed by atoms with Gasteiger partial charge in [0.15, 0.2) is 0 Å². The Hall–Kier alpha value is -3.08. The molecule has 0 saturated heterocycles. The van der Waals surface area contributed by atoms with E-state index in [1.165, 1.54) is 5.56 Å². The SMILES string of the molecule is COc1cccc2c1nc(N)n1nc(Cc3ccccc3)cc21. The first-order valence-electron chi connectivity index (χ1n) is 7.41. The van der Waals surface area contributed by atoms with E-state index in [2.05, 4.69) is 28.3 Å². The number of methoxy groups -OCH3 is 1. The van der Waals surface area contributed by atoms with Gasteiger partial charge in [-0.2, -0.15) is 9.61 Å². The molecule has 4 rings (SSSR count). The van der Waals surface area contributed by atoms with Crippen molar-refractivity contribution in [2.45, 2.75) is 6.42 Å². The van der Waals surface area contributed by atoms with Crippen molar-refractivity contribution in [1.82, 2.24) is 14.6 Å². The highest BCUT2D eigenvalue weighted by molar-refractivity contribution is 5.97. The second-order valence-electron chi connectivity index (χ2n) is 5.42. The van der Waals surface area contributed by atoms with Gasteiger partial charge in [0, 0.05) is 11.8 Å². The molecule has 0 aliphatic heterocycles. The Morgan fingerprint density at radius 2 is 1.91 bits per heavy atom. The number of aromatic nitrogens is 3. The van der Waals surface area contributed by atoms with Gasteiger partial charge in [-0.3, -0.25) is 0 Å². The van der Waals surface area contributed by atoms with Crippen molar-refractivity contribution in [3.8, 4) is 5.75 Å². The predicted molar refractivity (Wildman–Crippen MR) is 90.7 cm³/mol. The largest absolute Gasteiger partial charge is 0.494 e. The molecule has 0 unspecified atom stereocenters. The molecule has 2 aromatic carbocycles. The molecular formula is C18H16N4O. The van der Waals surface area contributed by atoms with Gasteiger partial charge in [0.2, 0.25) is 5.95 Å². The molecule has 4 aromatic rings. The fourth-order valence-corrected chi connectivity index (χ4v) is 2.86. The molecular weight excluding hydrogens is 288 g/mol. The first-order chi connectivity index (χ1) is 11.3. The summed E-state index contributed by atoms with van der Waals surface area (Å²) in [5, 5.41) is 5.58. The number of nitrogen functional groups attached to an aromatic ring is 1. The average molecular weight is 304 g/mol. The molecule has 0 radical (unpaired) electrons. The van der Waals surface area contributed by atoms with Crippen LogP contribution in [-0.4, -0.2) is 21.7 Å². The lowest BCUT2D eigenvalue weighted by Gasteiger charge is -2.07. The normalized spacial score (nSPS) is 11.2. The third kappa shape index (κ3) is 2.26. The molecule has 5 heteroatoms. The monoisotopic (exact) mass is 304 g/mol. The van der Waals surface area contributed by atoms with Gasteiger partial charge >= 0.3 is 0 Å². The van der Waals surface area contributed by atoms with E-state index in [1.54, 1.807) is 11.6 Å². The lowest BCUT2D eigenvalue weighted by molar-refractivity contribution is 0.419. The van der Waals surface area contributed by atoms with Crippen LogP contribution in [0.5, 0.6) is 5.75 Å². The Kier molecular flexibility index (Phi) is 3.12. The molecule has 114 valence electrons. The van der Waals surface area contributed by atoms with E-state index in [1.807, 2.05) is 36.4 Å². The van der Waals surface area contributed by atoms with Crippen LogP contribution >= 0.6 is 0 Å². The summed E-state index contributed by atoms with van der Waals surface area (Å²) in [6.45, 7) is 0. The Morgan fingerprint density at radius 3 is 2.70 bits per heavy atom. The number of nitrogens with two attached hydrogens (primary N) is 1.